The summed E-state index contributed by atoms with van der Waals surface area (Å²) in [6, 6.07) is 16.2. The van der Waals surface area contributed by atoms with Crippen LogP contribution in [0.2, 0.25) is 0 Å². The van der Waals surface area contributed by atoms with Gasteiger partial charge in [-0.3, -0.25) is 4.79 Å². The van der Waals surface area contributed by atoms with Crippen LogP contribution in [0.1, 0.15) is 10.4 Å². The molecule has 0 atom stereocenters. The largest absolute Gasteiger partial charge is 0.338 e. The summed E-state index contributed by atoms with van der Waals surface area (Å²) in [7, 11) is 0. The molecule has 9 heteroatoms. The molecule has 0 bridgehead atoms. The maximum atomic E-state index is 12.5. The van der Waals surface area contributed by atoms with Crippen molar-refractivity contribution in [2.75, 3.05) is 11.1 Å². The van der Waals surface area contributed by atoms with Crippen LogP contribution in [0.3, 0.4) is 0 Å². The van der Waals surface area contributed by atoms with Crippen LogP contribution >= 0.6 is 23.1 Å². The lowest BCUT2D eigenvalue weighted by atomic mass is 9.94. The Morgan fingerprint density at radius 3 is 2.90 bits per heavy atom. The predicted molar refractivity (Wildman–Crippen MR) is 124 cm³/mol. The number of para-hydroxylation sites is 1. The molecule has 5 aromatic rings. The number of benzene rings is 2. The van der Waals surface area contributed by atoms with E-state index in [4.69, 9.17) is 0 Å². The Morgan fingerprint density at radius 2 is 1.94 bits per heavy atom. The molecule has 0 fully saturated rings. The maximum absolute atomic E-state index is 12.5. The number of amides is 1. The van der Waals surface area contributed by atoms with Gasteiger partial charge in [-0.15, -0.1) is 21.5 Å². The number of aromatic nitrogens is 5. The zero-order valence-corrected chi connectivity index (χ0v) is 17.9. The van der Waals surface area contributed by atoms with Crippen LogP contribution in [0, 0.1) is 0 Å². The van der Waals surface area contributed by atoms with Gasteiger partial charge in [-0.2, -0.15) is 0 Å². The molecule has 0 aliphatic heterocycles. The first-order valence-electron chi connectivity index (χ1n) is 9.86. The Hall–Kier alpha value is -3.30. The molecule has 31 heavy (non-hydrogen) atoms. The van der Waals surface area contributed by atoms with Crippen molar-refractivity contribution in [1.29, 1.82) is 0 Å². The molecule has 2 aromatic carbocycles. The van der Waals surface area contributed by atoms with Crippen molar-refractivity contribution in [1.82, 2.24) is 25.1 Å². The van der Waals surface area contributed by atoms with Crippen LogP contribution in [0.5, 0.6) is 0 Å². The summed E-state index contributed by atoms with van der Waals surface area (Å²) in [6.45, 7) is 0. The van der Waals surface area contributed by atoms with Gasteiger partial charge in [-0.1, -0.05) is 54.2 Å². The summed E-state index contributed by atoms with van der Waals surface area (Å²) in [5.41, 5.74) is 5.84. The number of aryl methyl sites for hydroxylation is 2. The highest BCUT2D eigenvalue weighted by Gasteiger charge is 2.21. The minimum absolute atomic E-state index is 0.135. The number of nitrogens with zero attached hydrogens (tertiary/aromatic N) is 4. The quantitative estimate of drug-likeness (QED) is 0.397. The van der Waals surface area contributed by atoms with Crippen molar-refractivity contribution < 1.29 is 4.79 Å². The lowest BCUT2D eigenvalue weighted by molar-refractivity contribution is -0.113. The molecule has 0 spiro atoms. The van der Waals surface area contributed by atoms with Gasteiger partial charge < -0.3 is 10.3 Å². The standard InChI is InChI=1S/C22H16N6OS2/c29-17(24-21-25-18-13-6-2-1-5-12(13)9-10-16(18)31-21)11-30-22-26-20-19(27-28-22)14-7-3-4-8-15(14)23-20/h1-8H,9-11H2,(H,23,26,28)(H,24,25,29). The van der Waals surface area contributed by atoms with E-state index in [1.807, 2.05) is 30.3 Å². The molecular weight excluding hydrogens is 428 g/mol. The average Bonchev–Trinajstić information content (AvgIpc) is 3.38. The number of hydrogen-bond donors (Lipinski definition) is 2. The van der Waals surface area contributed by atoms with E-state index in [0.29, 0.717) is 15.9 Å². The van der Waals surface area contributed by atoms with Crippen LogP contribution in [0.4, 0.5) is 5.13 Å². The van der Waals surface area contributed by atoms with Gasteiger partial charge in [0.15, 0.2) is 10.8 Å². The first kappa shape index (κ1) is 18.5. The third-order valence-electron chi connectivity index (χ3n) is 5.27. The molecule has 0 saturated heterocycles. The summed E-state index contributed by atoms with van der Waals surface area (Å²) in [5, 5.41) is 13.5. The van der Waals surface area contributed by atoms with Crippen molar-refractivity contribution in [2.24, 2.45) is 0 Å². The molecule has 152 valence electrons. The predicted octanol–water partition coefficient (Wildman–Crippen LogP) is 4.46. The molecule has 6 rings (SSSR count). The third-order valence-corrected chi connectivity index (χ3v) is 7.14. The molecule has 2 N–H and O–H groups in total. The fourth-order valence-corrected chi connectivity index (χ4v) is 5.43. The minimum Gasteiger partial charge on any atom is -0.338 e. The fraction of sp³-hybridized carbons (Fsp3) is 0.136. The number of H-pyrrole nitrogens is 1. The zero-order chi connectivity index (χ0) is 20.8. The molecule has 1 aliphatic rings. The molecule has 3 heterocycles. The van der Waals surface area contributed by atoms with E-state index in [-0.39, 0.29) is 11.7 Å². The topological polar surface area (TPSA) is 96.5 Å². The highest BCUT2D eigenvalue weighted by molar-refractivity contribution is 7.99. The summed E-state index contributed by atoms with van der Waals surface area (Å²) in [4.78, 5) is 26.2. The van der Waals surface area contributed by atoms with Crippen LogP contribution in [-0.2, 0) is 17.6 Å². The van der Waals surface area contributed by atoms with Crippen molar-refractivity contribution in [3.05, 3.63) is 59.0 Å². The van der Waals surface area contributed by atoms with Crippen molar-refractivity contribution in [2.45, 2.75) is 18.0 Å². The molecule has 1 amide bonds. The number of nitrogens with one attached hydrogen (secondary N) is 2. The molecule has 1 aliphatic carbocycles. The number of thioether (sulfide) groups is 1. The van der Waals surface area contributed by atoms with Gasteiger partial charge >= 0.3 is 0 Å². The van der Waals surface area contributed by atoms with Gasteiger partial charge in [-0.25, -0.2) is 9.97 Å². The minimum atomic E-state index is -0.135. The van der Waals surface area contributed by atoms with E-state index >= 15 is 0 Å². The van der Waals surface area contributed by atoms with Gasteiger partial charge in [-0.05, 0) is 24.5 Å². The van der Waals surface area contributed by atoms with Gasteiger partial charge in [0.05, 0.1) is 11.4 Å². The number of rotatable bonds is 4. The second-order valence-electron chi connectivity index (χ2n) is 7.25. The second-order valence-corrected chi connectivity index (χ2v) is 9.27. The molecule has 3 aromatic heterocycles. The Labute approximate surface area is 185 Å². The lowest BCUT2D eigenvalue weighted by Gasteiger charge is -2.13. The summed E-state index contributed by atoms with van der Waals surface area (Å²) in [6.07, 6.45) is 1.97. The monoisotopic (exact) mass is 444 g/mol. The van der Waals surface area contributed by atoms with Gasteiger partial charge in [0.1, 0.15) is 5.52 Å². The van der Waals surface area contributed by atoms with E-state index in [2.05, 4.69) is 48.7 Å². The Morgan fingerprint density at radius 1 is 1.06 bits per heavy atom. The number of fused-ring (bicyclic) bond motifs is 6. The molecule has 0 saturated carbocycles. The van der Waals surface area contributed by atoms with E-state index < -0.39 is 0 Å². The highest BCUT2D eigenvalue weighted by atomic mass is 32.2. The maximum Gasteiger partial charge on any atom is 0.236 e. The van der Waals surface area contributed by atoms with E-state index in [0.717, 1.165) is 35.0 Å². The van der Waals surface area contributed by atoms with Gasteiger partial charge in [0.2, 0.25) is 11.1 Å². The number of anilines is 1. The Kier molecular flexibility index (Phi) is 4.43. The average molecular weight is 445 g/mol. The Bertz CT molecular complexity index is 1460. The Balaban J connectivity index is 1.16. The van der Waals surface area contributed by atoms with Crippen LogP contribution in [0.15, 0.2) is 53.7 Å². The fourth-order valence-electron chi connectivity index (χ4n) is 3.86. The third kappa shape index (κ3) is 3.35. The highest BCUT2D eigenvalue weighted by Crippen LogP contribution is 2.38. The number of hydrogen-bond acceptors (Lipinski definition) is 7. The number of aromatic amines is 1. The number of thiazole rings is 1. The molecule has 7 nitrogen and oxygen atoms in total. The molecule has 0 radical (unpaired) electrons. The van der Waals surface area contributed by atoms with E-state index in [1.165, 1.54) is 27.8 Å². The lowest BCUT2D eigenvalue weighted by Crippen LogP contribution is -2.14. The smallest absolute Gasteiger partial charge is 0.236 e. The first-order valence-corrected chi connectivity index (χ1v) is 11.7. The van der Waals surface area contributed by atoms with Crippen molar-refractivity contribution in [3.63, 3.8) is 0 Å². The number of carbonyl (C=O) groups is 1. The molecular formula is C22H16N6OS2. The zero-order valence-electron chi connectivity index (χ0n) is 16.3. The van der Waals surface area contributed by atoms with E-state index in [1.54, 1.807) is 11.3 Å². The van der Waals surface area contributed by atoms with Gasteiger partial charge in [0.25, 0.3) is 0 Å². The summed E-state index contributed by atoms with van der Waals surface area (Å²) < 4.78 is 0. The molecule has 0 unspecified atom stereocenters. The number of carbonyl (C=O) groups excluding carboxylic acids is 1. The SMILES string of the molecule is O=C(CSc1nnc2c(n1)[nH]c1ccccc12)Nc1nc2c(s1)CCc1ccccc1-2. The first-order chi connectivity index (χ1) is 15.2. The van der Waals surface area contributed by atoms with Crippen LogP contribution in [0.25, 0.3) is 33.3 Å². The van der Waals surface area contributed by atoms with Crippen molar-refractivity contribution in [3.8, 4) is 11.3 Å². The summed E-state index contributed by atoms with van der Waals surface area (Å²) >= 11 is 2.81. The van der Waals surface area contributed by atoms with Crippen LogP contribution < -0.4 is 5.32 Å². The van der Waals surface area contributed by atoms with Crippen LogP contribution in [-0.4, -0.2) is 36.8 Å². The van der Waals surface area contributed by atoms with Crippen molar-refractivity contribution >= 4 is 56.2 Å². The second kappa shape index (κ2) is 7.44. The summed E-state index contributed by atoms with van der Waals surface area (Å²) in [5.74, 6) is 0.0542. The normalized spacial score (nSPS) is 12.6. The van der Waals surface area contributed by atoms with Gasteiger partial charge in [0, 0.05) is 21.3 Å². The van der Waals surface area contributed by atoms with E-state index in [9.17, 15) is 4.79 Å².